The van der Waals surface area contributed by atoms with Crippen molar-refractivity contribution in [3.05, 3.63) is 47.8 Å². The van der Waals surface area contributed by atoms with Crippen molar-refractivity contribution in [2.24, 2.45) is 0 Å². The van der Waals surface area contributed by atoms with Gasteiger partial charge in [0.2, 0.25) is 11.8 Å². The average molecular weight is 359 g/mol. The highest BCUT2D eigenvalue weighted by molar-refractivity contribution is 6.07. The van der Waals surface area contributed by atoms with Crippen LogP contribution in [0.5, 0.6) is 5.75 Å². The van der Waals surface area contributed by atoms with Crippen LogP contribution in [0.15, 0.2) is 36.4 Å². The molecule has 0 aliphatic rings. The third-order valence-corrected chi connectivity index (χ3v) is 3.25. The van der Waals surface area contributed by atoms with Gasteiger partial charge in [0.1, 0.15) is 11.6 Å². The fraction of sp³-hybridized carbons (Fsp3) is 0.167. The fourth-order valence-corrected chi connectivity index (χ4v) is 2.27. The lowest BCUT2D eigenvalue weighted by Gasteiger charge is -2.13. The van der Waals surface area contributed by atoms with E-state index in [4.69, 9.17) is 4.74 Å². The third-order valence-electron chi connectivity index (χ3n) is 3.25. The minimum atomic E-state index is -0.520. The Balaban J connectivity index is 2.34. The monoisotopic (exact) mass is 359 g/mol. The summed E-state index contributed by atoms with van der Waals surface area (Å²) in [5, 5.41) is 7.74. The number of carbonyl (C=O) groups excluding carboxylic acids is 3. The predicted octanol–water partition coefficient (Wildman–Crippen LogP) is 3.00. The number of carbonyl (C=O) groups is 3. The molecule has 0 saturated carbocycles. The first kappa shape index (κ1) is 18.9. The number of ether oxygens (including phenoxy) is 1. The molecule has 136 valence electrons. The Bertz CT molecular complexity index is 833. The van der Waals surface area contributed by atoms with E-state index in [1.165, 1.54) is 51.3 Å². The summed E-state index contributed by atoms with van der Waals surface area (Å²) in [5.74, 6) is -1.50. The summed E-state index contributed by atoms with van der Waals surface area (Å²) in [6.07, 6.45) is 0. The maximum atomic E-state index is 13.3. The van der Waals surface area contributed by atoms with Crippen LogP contribution < -0.4 is 20.7 Å². The molecule has 0 fully saturated rings. The van der Waals surface area contributed by atoms with Crippen LogP contribution in [0.2, 0.25) is 0 Å². The minimum absolute atomic E-state index is 0.165. The van der Waals surface area contributed by atoms with Crippen LogP contribution in [0.3, 0.4) is 0 Å². The fourth-order valence-electron chi connectivity index (χ4n) is 2.27. The first-order valence-corrected chi connectivity index (χ1v) is 7.63. The van der Waals surface area contributed by atoms with Crippen molar-refractivity contribution >= 4 is 34.8 Å². The van der Waals surface area contributed by atoms with Gasteiger partial charge in [-0.3, -0.25) is 14.4 Å². The topological polar surface area (TPSA) is 96.5 Å². The molecule has 7 nitrogen and oxygen atoms in total. The van der Waals surface area contributed by atoms with Gasteiger partial charge in [0.25, 0.3) is 5.91 Å². The van der Waals surface area contributed by atoms with E-state index in [1.807, 2.05) is 0 Å². The number of amides is 3. The number of hydrogen-bond donors (Lipinski definition) is 3. The molecule has 3 N–H and O–H groups in total. The van der Waals surface area contributed by atoms with Crippen LogP contribution in [0.25, 0.3) is 0 Å². The Hall–Kier alpha value is -3.42. The molecule has 0 aliphatic carbocycles. The van der Waals surface area contributed by atoms with Crippen LogP contribution in [-0.2, 0) is 9.59 Å². The number of rotatable bonds is 5. The van der Waals surface area contributed by atoms with E-state index in [0.29, 0.717) is 11.4 Å². The molecule has 8 heteroatoms. The molecular weight excluding hydrogens is 341 g/mol. The zero-order chi connectivity index (χ0) is 19.3. The molecule has 0 unspecified atom stereocenters. The Morgan fingerprint density at radius 1 is 0.885 bits per heavy atom. The van der Waals surface area contributed by atoms with Gasteiger partial charge >= 0.3 is 0 Å². The van der Waals surface area contributed by atoms with Crippen molar-refractivity contribution in [1.29, 1.82) is 0 Å². The van der Waals surface area contributed by atoms with Gasteiger partial charge in [-0.15, -0.1) is 0 Å². The maximum absolute atomic E-state index is 13.3. The molecule has 0 aromatic heterocycles. The molecule has 2 rings (SSSR count). The molecule has 2 aromatic carbocycles. The summed E-state index contributed by atoms with van der Waals surface area (Å²) in [6.45, 7) is 2.66. The molecule has 0 saturated heterocycles. The molecule has 0 aliphatic heterocycles. The zero-order valence-corrected chi connectivity index (χ0v) is 14.5. The molecule has 0 radical (unpaired) electrons. The maximum Gasteiger partial charge on any atom is 0.255 e. The van der Waals surface area contributed by atoms with Crippen molar-refractivity contribution in [3.63, 3.8) is 0 Å². The van der Waals surface area contributed by atoms with Gasteiger partial charge < -0.3 is 20.7 Å². The van der Waals surface area contributed by atoms with Crippen LogP contribution >= 0.6 is 0 Å². The van der Waals surface area contributed by atoms with Crippen molar-refractivity contribution in [1.82, 2.24) is 0 Å². The highest BCUT2D eigenvalue weighted by Gasteiger charge is 2.13. The smallest absolute Gasteiger partial charge is 0.255 e. The lowest BCUT2D eigenvalue weighted by molar-refractivity contribution is -0.115. The molecule has 2 aromatic rings. The number of hydrogen-bond acceptors (Lipinski definition) is 4. The van der Waals surface area contributed by atoms with Crippen LogP contribution in [0.1, 0.15) is 24.2 Å². The number of methoxy groups -OCH3 is 1. The van der Waals surface area contributed by atoms with Gasteiger partial charge in [-0.2, -0.15) is 0 Å². The average Bonchev–Trinajstić information content (AvgIpc) is 2.54. The molecule has 0 spiro atoms. The SMILES string of the molecule is COc1cc(F)ccc1NC(=O)c1cc(NC(C)=O)cc(NC(C)=O)c1. The Morgan fingerprint density at radius 3 is 1.96 bits per heavy atom. The van der Waals surface area contributed by atoms with Crippen LogP contribution in [0, 0.1) is 5.82 Å². The van der Waals surface area contributed by atoms with Crippen molar-refractivity contribution < 1.29 is 23.5 Å². The van der Waals surface area contributed by atoms with Crippen LogP contribution in [0.4, 0.5) is 21.5 Å². The molecule has 3 amide bonds. The summed E-state index contributed by atoms with van der Waals surface area (Å²) in [7, 11) is 1.36. The van der Waals surface area contributed by atoms with Gasteiger partial charge in [-0.1, -0.05) is 0 Å². The second-order valence-corrected chi connectivity index (χ2v) is 5.46. The number of benzene rings is 2. The van der Waals surface area contributed by atoms with Crippen LogP contribution in [-0.4, -0.2) is 24.8 Å². The van der Waals surface area contributed by atoms with Crippen molar-refractivity contribution in [2.75, 3.05) is 23.1 Å². The van der Waals surface area contributed by atoms with Crippen molar-refractivity contribution in [3.8, 4) is 5.75 Å². The molecule has 0 bridgehead atoms. The molecule has 0 heterocycles. The molecular formula is C18H18FN3O4. The summed E-state index contributed by atoms with van der Waals surface area (Å²) in [6, 6.07) is 8.15. The van der Waals surface area contributed by atoms with E-state index in [2.05, 4.69) is 16.0 Å². The quantitative estimate of drug-likeness (QED) is 0.764. The highest BCUT2D eigenvalue weighted by Crippen LogP contribution is 2.26. The van der Waals surface area contributed by atoms with E-state index in [-0.39, 0.29) is 28.8 Å². The second kappa shape index (κ2) is 8.11. The largest absolute Gasteiger partial charge is 0.494 e. The summed E-state index contributed by atoms with van der Waals surface area (Å²) < 4.78 is 18.3. The number of halogens is 1. The van der Waals surface area contributed by atoms with E-state index in [0.717, 1.165) is 6.07 Å². The van der Waals surface area contributed by atoms with Gasteiger partial charge in [-0.05, 0) is 30.3 Å². The number of anilines is 3. The van der Waals surface area contributed by atoms with E-state index in [9.17, 15) is 18.8 Å². The summed E-state index contributed by atoms with van der Waals surface area (Å²) in [4.78, 5) is 35.1. The van der Waals surface area contributed by atoms with Gasteiger partial charge in [-0.25, -0.2) is 4.39 Å². The highest BCUT2D eigenvalue weighted by atomic mass is 19.1. The summed E-state index contributed by atoms with van der Waals surface area (Å²) >= 11 is 0. The normalized spacial score (nSPS) is 10.0. The van der Waals surface area contributed by atoms with Crippen molar-refractivity contribution in [2.45, 2.75) is 13.8 Å². The predicted molar refractivity (Wildman–Crippen MR) is 96.0 cm³/mol. The number of nitrogens with one attached hydrogen (secondary N) is 3. The Morgan fingerprint density at radius 2 is 1.46 bits per heavy atom. The van der Waals surface area contributed by atoms with E-state index < -0.39 is 11.7 Å². The van der Waals surface area contributed by atoms with Gasteiger partial charge in [0.15, 0.2) is 0 Å². The van der Waals surface area contributed by atoms with Gasteiger partial charge in [0, 0.05) is 36.9 Å². The van der Waals surface area contributed by atoms with Gasteiger partial charge in [0.05, 0.1) is 12.8 Å². The second-order valence-electron chi connectivity index (χ2n) is 5.46. The first-order chi connectivity index (χ1) is 12.3. The van der Waals surface area contributed by atoms with E-state index >= 15 is 0 Å². The minimum Gasteiger partial charge on any atom is -0.494 e. The molecule has 26 heavy (non-hydrogen) atoms. The van der Waals surface area contributed by atoms with E-state index in [1.54, 1.807) is 0 Å². The summed E-state index contributed by atoms with van der Waals surface area (Å²) in [5.41, 5.74) is 1.16. The Kier molecular flexibility index (Phi) is 5.90. The third kappa shape index (κ3) is 5.04. The zero-order valence-electron chi connectivity index (χ0n) is 14.5. The lowest BCUT2D eigenvalue weighted by atomic mass is 10.1. The standard InChI is InChI=1S/C18H18FN3O4/c1-10(23)20-14-6-12(7-15(9-14)21-11(2)24)18(25)22-16-5-4-13(19)8-17(16)26-3/h4-9H,1-3H3,(H,20,23)(H,21,24)(H,22,25). The first-order valence-electron chi connectivity index (χ1n) is 7.63. The molecule has 0 atom stereocenters. The lowest BCUT2D eigenvalue weighted by Crippen LogP contribution is -2.15. The Labute approximate surface area is 149 Å².